The van der Waals surface area contributed by atoms with Crippen LogP contribution in [0.5, 0.6) is 0 Å². The van der Waals surface area contributed by atoms with Crippen LogP contribution < -0.4 is 5.56 Å². The van der Waals surface area contributed by atoms with Crippen molar-refractivity contribution in [3.8, 4) is 11.6 Å². The normalized spacial score (nSPS) is 12.3. The van der Waals surface area contributed by atoms with Crippen LogP contribution >= 0.6 is 11.8 Å². The maximum atomic E-state index is 12.5. The van der Waals surface area contributed by atoms with Gasteiger partial charge in [0.15, 0.2) is 10.9 Å². The van der Waals surface area contributed by atoms with Gasteiger partial charge in [-0.2, -0.15) is 0 Å². The standard InChI is InChI=1S/C23H19N5O2S/c1-15(20-24-18-11-6-5-10-17(18)22(29)25-20)31-23-27-26-21(19-12-7-13-30-19)28(23)14-16-8-3-2-4-9-16/h2-13,15H,14H2,1H3,(H,24,25,29)/t15-/m0/s1. The van der Waals surface area contributed by atoms with E-state index >= 15 is 0 Å². The number of hydrogen-bond acceptors (Lipinski definition) is 6. The number of thioether (sulfide) groups is 1. The summed E-state index contributed by atoms with van der Waals surface area (Å²) in [4.78, 5) is 20.0. The summed E-state index contributed by atoms with van der Waals surface area (Å²) in [5.74, 6) is 1.91. The van der Waals surface area contributed by atoms with Crippen LogP contribution in [0.25, 0.3) is 22.5 Å². The summed E-state index contributed by atoms with van der Waals surface area (Å²) in [6, 6.07) is 21.1. The predicted octanol–water partition coefficient (Wildman–Crippen LogP) is 4.68. The average molecular weight is 430 g/mol. The first kappa shape index (κ1) is 19.3. The molecule has 8 heteroatoms. The molecule has 3 heterocycles. The molecule has 31 heavy (non-hydrogen) atoms. The SMILES string of the molecule is C[C@H](Sc1nnc(-c2ccco2)n1Cc1ccccc1)c1nc2ccccc2c(=O)[nH]1. The van der Waals surface area contributed by atoms with Crippen molar-refractivity contribution in [2.45, 2.75) is 23.9 Å². The second kappa shape index (κ2) is 8.23. The zero-order chi connectivity index (χ0) is 21.2. The van der Waals surface area contributed by atoms with Crippen LogP contribution in [0.3, 0.4) is 0 Å². The molecule has 0 aliphatic heterocycles. The predicted molar refractivity (Wildman–Crippen MR) is 120 cm³/mol. The lowest BCUT2D eigenvalue weighted by Gasteiger charge is -2.13. The molecule has 5 rings (SSSR count). The fourth-order valence-electron chi connectivity index (χ4n) is 3.38. The number of aromatic nitrogens is 5. The minimum Gasteiger partial charge on any atom is -0.461 e. The Morgan fingerprint density at radius 2 is 1.84 bits per heavy atom. The number of furan rings is 1. The van der Waals surface area contributed by atoms with Crippen LogP contribution in [0.4, 0.5) is 0 Å². The van der Waals surface area contributed by atoms with E-state index in [0.717, 1.165) is 10.7 Å². The Kier molecular flexibility index (Phi) is 5.13. The highest BCUT2D eigenvalue weighted by molar-refractivity contribution is 7.99. The van der Waals surface area contributed by atoms with Crippen LogP contribution in [0.1, 0.15) is 23.6 Å². The molecule has 2 aromatic carbocycles. The molecule has 154 valence electrons. The molecule has 0 aliphatic rings. The fourth-order valence-corrected chi connectivity index (χ4v) is 4.29. The number of rotatable bonds is 6. The van der Waals surface area contributed by atoms with Gasteiger partial charge in [0.05, 0.1) is 29.0 Å². The Bertz CT molecular complexity index is 1380. The van der Waals surface area contributed by atoms with E-state index in [2.05, 4.69) is 32.3 Å². The molecule has 0 bridgehead atoms. The molecular formula is C23H19N5O2S. The number of nitrogens with one attached hydrogen (secondary N) is 1. The smallest absolute Gasteiger partial charge is 0.258 e. The minimum atomic E-state index is -0.143. The highest BCUT2D eigenvalue weighted by Crippen LogP contribution is 2.34. The van der Waals surface area contributed by atoms with Gasteiger partial charge in [0.25, 0.3) is 5.56 Å². The third-order valence-electron chi connectivity index (χ3n) is 4.94. The van der Waals surface area contributed by atoms with Crippen molar-refractivity contribution in [2.75, 3.05) is 0 Å². The van der Waals surface area contributed by atoms with E-state index in [4.69, 9.17) is 4.42 Å². The van der Waals surface area contributed by atoms with Crippen LogP contribution in [0, 0.1) is 0 Å². The van der Waals surface area contributed by atoms with Crippen molar-refractivity contribution < 1.29 is 4.42 Å². The zero-order valence-corrected chi connectivity index (χ0v) is 17.5. The first-order valence-electron chi connectivity index (χ1n) is 9.85. The Hall–Kier alpha value is -3.65. The summed E-state index contributed by atoms with van der Waals surface area (Å²) in [5.41, 5.74) is 1.66. The van der Waals surface area contributed by atoms with Crippen molar-refractivity contribution in [3.05, 3.63) is 94.7 Å². The molecule has 0 aliphatic carbocycles. The summed E-state index contributed by atoms with van der Waals surface area (Å²) in [6.45, 7) is 2.59. The van der Waals surface area contributed by atoms with Crippen LogP contribution in [-0.2, 0) is 6.54 Å². The largest absolute Gasteiger partial charge is 0.461 e. The lowest BCUT2D eigenvalue weighted by molar-refractivity contribution is 0.569. The van der Waals surface area contributed by atoms with Gasteiger partial charge in [-0.25, -0.2) is 4.98 Å². The number of para-hydroxylation sites is 1. The van der Waals surface area contributed by atoms with Gasteiger partial charge < -0.3 is 9.40 Å². The third-order valence-corrected chi connectivity index (χ3v) is 6.03. The van der Waals surface area contributed by atoms with Crippen molar-refractivity contribution in [1.82, 2.24) is 24.7 Å². The van der Waals surface area contributed by atoms with Gasteiger partial charge in [-0.05, 0) is 36.8 Å². The number of benzene rings is 2. The molecule has 0 spiro atoms. The van der Waals surface area contributed by atoms with Crippen molar-refractivity contribution in [3.63, 3.8) is 0 Å². The van der Waals surface area contributed by atoms with Crippen LogP contribution in [-0.4, -0.2) is 24.7 Å². The van der Waals surface area contributed by atoms with E-state index in [-0.39, 0.29) is 10.8 Å². The lowest BCUT2D eigenvalue weighted by atomic mass is 10.2. The molecule has 0 amide bonds. The maximum Gasteiger partial charge on any atom is 0.258 e. The number of nitrogens with zero attached hydrogens (tertiary/aromatic N) is 4. The van der Waals surface area contributed by atoms with Crippen molar-refractivity contribution >= 4 is 22.7 Å². The van der Waals surface area contributed by atoms with E-state index in [1.54, 1.807) is 12.3 Å². The van der Waals surface area contributed by atoms with Gasteiger partial charge in [0.1, 0.15) is 5.82 Å². The first-order chi connectivity index (χ1) is 15.2. The van der Waals surface area contributed by atoms with Crippen LogP contribution in [0.15, 0.2) is 87.4 Å². The van der Waals surface area contributed by atoms with Gasteiger partial charge >= 0.3 is 0 Å². The van der Waals surface area contributed by atoms with E-state index in [9.17, 15) is 4.79 Å². The highest BCUT2D eigenvalue weighted by atomic mass is 32.2. The molecule has 5 aromatic rings. The summed E-state index contributed by atoms with van der Waals surface area (Å²) in [7, 11) is 0. The number of fused-ring (bicyclic) bond motifs is 1. The van der Waals surface area contributed by atoms with Gasteiger partial charge in [-0.15, -0.1) is 10.2 Å². The maximum absolute atomic E-state index is 12.5. The summed E-state index contributed by atoms with van der Waals surface area (Å²) < 4.78 is 7.59. The molecule has 7 nitrogen and oxygen atoms in total. The monoisotopic (exact) mass is 429 g/mol. The molecular weight excluding hydrogens is 410 g/mol. The van der Waals surface area contributed by atoms with Crippen molar-refractivity contribution in [2.24, 2.45) is 0 Å². The molecule has 3 aromatic heterocycles. The van der Waals surface area contributed by atoms with E-state index in [1.807, 2.05) is 60.0 Å². The second-order valence-electron chi connectivity index (χ2n) is 7.08. The van der Waals surface area contributed by atoms with Gasteiger partial charge in [0, 0.05) is 0 Å². The lowest BCUT2D eigenvalue weighted by Crippen LogP contribution is -2.13. The number of aromatic amines is 1. The van der Waals surface area contributed by atoms with Gasteiger partial charge in [0.2, 0.25) is 5.82 Å². The summed E-state index contributed by atoms with van der Waals surface area (Å²) in [6.07, 6.45) is 1.62. The van der Waals surface area contributed by atoms with Crippen molar-refractivity contribution in [1.29, 1.82) is 0 Å². The molecule has 0 fully saturated rings. The molecule has 0 radical (unpaired) electrons. The third kappa shape index (κ3) is 3.89. The van der Waals surface area contributed by atoms with E-state index in [0.29, 0.717) is 34.9 Å². The number of hydrogen-bond donors (Lipinski definition) is 1. The fraction of sp³-hybridized carbons (Fsp3) is 0.130. The Labute approximate surface area is 182 Å². The average Bonchev–Trinajstić information content (AvgIpc) is 3.45. The quantitative estimate of drug-likeness (QED) is 0.394. The zero-order valence-electron chi connectivity index (χ0n) is 16.7. The molecule has 0 unspecified atom stereocenters. The van der Waals surface area contributed by atoms with E-state index in [1.165, 1.54) is 11.8 Å². The first-order valence-corrected chi connectivity index (χ1v) is 10.7. The van der Waals surface area contributed by atoms with Crippen LogP contribution in [0.2, 0.25) is 0 Å². The summed E-state index contributed by atoms with van der Waals surface area (Å²) >= 11 is 1.49. The second-order valence-corrected chi connectivity index (χ2v) is 8.39. The topological polar surface area (TPSA) is 89.6 Å². The highest BCUT2D eigenvalue weighted by Gasteiger charge is 2.21. The Morgan fingerprint density at radius 3 is 2.65 bits per heavy atom. The number of H-pyrrole nitrogens is 1. The van der Waals surface area contributed by atoms with Gasteiger partial charge in [-0.3, -0.25) is 9.36 Å². The molecule has 1 N–H and O–H groups in total. The molecule has 1 atom stereocenters. The summed E-state index contributed by atoms with van der Waals surface area (Å²) in [5, 5.41) is 9.95. The van der Waals surface area contributed by atoms with E-state index < -0.39 is 0 Å². The van der Waals surface area contributed by atoms with Gasteiger partial charge in [-0.1, -0.05) is 54.2 Å². The molecule has 0 saturated carbocycles. The Balaban J connectivity index is 1.51. The minimum absolute atomic E-state index is 0.138. The Morgan fingerprint density at radius 1 is 1.03 bits per heavy atom. The molecule has 0 saturated heterocycles.